The molecule has 4 nitrogen and oxygen atoms in total. The highest BCUT2D eigenvalue weighted by molar-refractivity contribution is 7.81. The van der Waals surface area contributed by atoms with Crippen molar-refractivity contribution in [1.82, 2.24) is 0 Å². The Morgan fingerprint density at radius 2 is 2.45 bits per heavy atom. The first-order valence-electron chi connectivity index (χ1n) is 3.15. The van der Waals surface area contributed by atoms with Crippen molar-refractivity contribution in [3.63, 3.8) is 0 Å². The molecule has 0 amide bonds. The first kappa shape index (κ1) is 8.26. The molecule has 0 fully saturated rings. The molecule has 0 saturated carbocycles. The Morgan fingerprint density at radius 3 is 2.82 bits per heavy atom. The van der Waals surface area contributed by atoms with E-state index in [4.69, 9.17) is 5.41 Å². The molecule has 0 aliphatic heterocycles. The van der Waals surface area contributed by atoms with E-state index in [0.717, 1.165) is 0 Å². The number of nitrogens with one attached hydrogen (secondary N) is 1. The van der Waals surface area contributed by atoms with Crippen LogP contribution >= 0.6 is 12.6 Å². The fourth-order valence-corrected chi connectivity index (χ4v) is 1.26. The molecule has 0 saturated heterocycles. The predicted octanol–water partition coefficient (Wildman–Crippen LogP) is 1.26. The zero-order valence-corrected chi connectivity index (χ0v) is 6.67. The second-order valence-electron chi connectivity index (χ2n) is 2.52. The van der Waals surface area contributed by atoms with Gasteiger partial charge in [-0.25, -0.2) is 0 Å². The first-order valence-corrected chi connectivity index (χ1v) is 3.60. The summed E-state index contributed by atoms with van der Waals surface area (Å²) < 4.78 is 0. The molecule has 0 spiro atoms. The van der Waals surface area contributed by atoms with Gasteiger partial charge in [-0.05, 0) is 6.08 Å². The predicted molar refractivity (Wildman–Crippen MR) is 44.8 cm³/mol. The fraction of sp³-hybridized carbons (Fsp3) is 0.500. The van der Waals surface area contributed by atoms with Gasteiger partial charge in [0.1, 0.15) is 0 Å². The zero-order chi connectivity index (χ0) is 8.48. The van der Waals surface area contributed by atoms with Crippen LogP contribution in [0.4, 0.5) is 0 Å². The molecule has 0 heterocycles. The lowest BCUT2D eigenvalue weighted by Gasteiger charge is -2.19. The van der Waals surface area contributed by atoms with Crippen molar-refractivity contribution in [3.05, 3.63) is 22.3 Å². The van der Waals surface area contributed by atoms with Crippen molar-refractivity contribution < 1.29 is 4.92 Å². The van der Waals surface area contributed by atoms with Crippen LogP contribution in [0.5, 0.6) is 0 Å². The summed E-state index contributed by atoms with van der Waals surface area (Å²) in [6, 6.07) is 0. The molecule has 60 valence electrons. The van der Waals surface area contributed by atoms with Crippen LogP contribution in [0.15, 0.2) is 12.2 Å². The van der Waals surface area contributed by atoms with Crippen molar-refractivity contribution in [2.45, 2.75) is 17.7 Å². The second-order valence-corrected chi connectivity index (χ2v) is 3.30. The normalized spacial score (nSPS) is 30.5. The summed E-state index contributed by atoms with van der Waals surface area (Å²) in [5.74, 6) is 0. The minimum Gasteiger partial charge on any atom is -0.309 e. The smallest absolute Gasteiger partial charge is 0.288 e. The van der Waals surface area contributed by atoms with Crippen molar-refractivity contribution in [2.75, 3.05) is 0 Å². The first-order chi connectivity index (χ1) is 5.04. The van der Waals surface area contributed by atoms with E-state index in [9.17, 15) is 10.1 Å². The van der Waals surface area contributed by atoms with Gasteiger partial charge in [-0.2, -0.15) is 0 Å². The van der Waals surface area contributed by atoms with Crippen LogP contribution in [0.1, 0.15) is 12.8 Å². The Bertz CT molecular complexity index is 239. The third kappa shape index (κ3) is 1.59. The SMILES string of the molecule is N=C1CC=CC(S)([N+](=O)[O-])C1. The number of thiol groups is 1. The van der Waals surface area contributed by atoms with Crippen molar-refractivity contribution in [2.24, 2.45) is 0 Å². The summed E-state index contributed by atoms with van der Waals surface area (Å²) in [6.07, 6.45) is 3.67. The molecule has 1 unspecified atom stereocenters. The quantitative estimate of drug-likeness (QED) is 0.205. The van der Waals surface area contributed by atoms with Crippen LogP contribution in [0.2, 0.25) is 0 Å². The summed E-state index contributed by atoms with van der Waals surface area (Å²) in [5.41, 5.74) is 0.360. The minimum absolute atomic E-state index is 0.111. The summed E-state index contributed by atoms with van der Waals surface area (Å²) in [6.45, 7) is 0. The monoisotopic (exact) mass is 172 g/mol. The molecular formula is C6H8N2O2S. The summed E-state index contributed by atoms with van der Waals surface area (Å²) in [4.78, 5) is 8.59. The highest BCUT2D eigenvalue weighted by atomic mass is 32.1. The zero-order valence-electron chi connectivity index (χ0n) is 5.78. The van der Waals surface area contributed by atoms with Crippen molar-refractivity contribution in [3.8, 4) is 0 Å². The molecule has 0 aromatic heterocycles. The van der Waals surface area contributed by atoms with Gasteiger partial charge in [0.05, 0.1) is 6.42 Å². The Hall–Kier alpha value is -0.840. The van der Waals surface area contributed by atoms with Gasteiger partial charge in [-0.3, -0.25) is 10.1 Å². The average Bonchev–Trinajstić information content (AvgIpc) is 1.86. The van der Waals surface area contributed by atoms with Gasteiger partial charge in [-0.1, -0.05) is 18.7 Å². The molecule has 11 heavy (non-hydrogen) atoms. The van der Waals surface area contributed by atoms with E-state index in [0.29, 0.717) is 12.1 Å². The van der Waals surface area contributed by atoms with Gasteiger partial charge < -0.3 is 5.41 Å². The van der Waals surface area contributed by atoms with E-state index >= 15 is 0 Å². The topological polar surface area (TPSA) is 67.0 Å². The molecule has 0 aromatic carbocycles. The number of rotatable bonds is 1. The van der Waals surface area contributed by atoms with Gasteiger partial charge in [-0.15, -0.1) is 0 Å². The van der Waals surface area contributed by atoms with Crippen LogP contribution < -0.4 is 0 Å². The Labute approximate surface area is 69.4 Å². The lowest BCUT2D eigenvalue weighted by molar-refractivity contribution is -0.522. The van der Waals surface area contributed by atoms with E-state index in [2.05, 4.69) is 12.6 Å². The molecule has 1 atom stereocenters. The molecule has 1 aliphatic rings. The average molecular weight is 172 g/mol. The number of hydrogen-bond donors (Lipinski definition) is 2. The minimum atomic E-state index is -1.34. The number of hydrogen-bond acceptors (Lipinski definition) is 4. The molecule has 1 N–H and O–H groups in total. The molecule has 1 aliphatic carbocycles. The number of nitrogens with zero attached hydrogens (tertiary/aromatic N) is 1. The standard InChI is InChI=1S/C6H8N2O2S/c7-5-2-1-3-6(11,4-5)8(9)10/h1,3,7,11H,2,4H2. The van der Waals surface area contributed by atoms with Gasteiger partial charge in [0.25, 0.3) is 4.87 Å². The summed E-state index contributed by atoms with van der Waals surface area (Å²) in [7, 11) is 0. The number of nitro groups is 1. The van der Waals surface area contributed by atoms with Crippen LogP contribution in [-0.2, 0) is 0 Å². The van der Waals surface area contributed by atoms with Crippen LogP contribution in [0, 0.1) is 15.5 Å². The van der Waals surface area contributed by atoms with Crippen molar-refractivity contribution >= 4 is 18.3 Å². The summed E-state index contributed by atoms with van der Waals surface area (Å²) >= 11 is 3.88. The van der Waals surface area contributed by atoms with E-state index < -0.39 is 9.79 Å². The maximum atomic E-state index is 10.4. The Morgan fingerprint density at radius 1 is 1.82 bits per heavy atom. The molecule has 0 aromatic rings. The van der Waals surface area contributed by atoms with Gasteiger partial charge in [0.2, 0.25) is 0 Å². The van der Waals surface area contributed by atoms with Gasteiger partial charge in [0, 0.05) is 17.1 Å². The van der Waals surface area contributed by atoms with Crippen LogP contribution in [-0.4, -0.2) is 15.5 Å². The lowest BCUT2D eigenvalue weighted by atomic mass is 10.0. The third-order valence-corrected chi connectivity index (χ3v) is 2.01. The molecule has 1 rings (SSSR count). The third-order valence-electron chi connectivity index (χ3n) is 1.54. The van der Waals surface area contributed by atoms with E-state index in [1.807, 2.05) is 0 Å². The highest BCUT2D eigenvalue weighted by Gasteiger charge is 2.38. The highest BCUT2D eigenvalue weighted by Crippen LogP contribution is 2.26. The molecule has 5 heteroatoms. The van der Waals surface area contributed by atoms with Crippen LogP contribution in [0.3, 0.4) is 0 Å². The second kappa shape index (κ2) is 2.65. The van der Waals surface area contributed by atoms with Crippen molar-refractivity contribution in [1.29, 1.82) is 5.41 Å². The summed E-state index contributed by atoms with van der Waals surface area (Å²) in [5, 5.41) is 17.6. The maximum Gasteiger partial charge on any atom is 0.288 e. The van der Waals surface area contributed by atoms with Crippen LogP contribution in [0.25, 0.3) is 0 Å². The largest absolute Gasteiger partial charge is 0.309 e. The van der Waals surface area contributed by atoms with E-state index in [1.54, 1.807) is 6.08 Å². The lowest BCUT2D eigenvalue weighted by Crippen LogP contribution is -2.34. The Balaban J connectivity index is 2.87. The van der Waals surface area contributed by atoms with E-state index in [1.165, 1.54) is 6.08 Å². The molecular weight excluding hydrogens is 164 g/mol. The van der Waals surface area contributed by atoms with E-state index in [-0.39, 0.29) is 6.42 Å². The van der Waals surface area contributed by atoms with Gasteiger partial charge >= 0.3 is 0 Å². The number of allylic oxidation sites excluding steroid dienone is 1. The maximum absolute atomic E-state index is 10.4. The molecule has 0 radical (unpaired) electrons. The Kier molecular flexibility index (Phi) is 1.99. The van der Waals surface area contributed by atoms with Gasteiger partial charge in [0.15, 0.2) is 0 Å². The fourth-order valence-electron chi connectivity index (χ4n) is 0.960. The molecule has 0 bridgehead atoms.